The van der Waals surface area contributed by atoms with E-state index in [1.807, 2.05) is 5.38 Å². The van der Waals surface area contributed by atoms with E-state index in [-0.39, 0.29) is 5.91 Å². The Morgan fingerprint density at radius 3 is 2.89 bits per heavy atom. The van der Waals surface area contributed by atoms with E-state index in [2.05, 4.69) is 32.7 Å². The van der Waals surface area contributed by atoms with Crippen molar-refractivity contribution in [3.05, 3.63) is 50.6 Å². The van der Waals surface area contributed by atoms with E-state index in [0.29, 0.717) is 17.8 Å². The predicted octanol–water partition coefficient (Wildman–Crippen LogP) is 3.07. The monoisotopic (exact) mass is 324 g/mol. The second-order valence-corrected chi connectivity index (χ2v) is 5.51. The number of halogens is 1. The topological polar surface area (TPSA) is 55.1 Å². The summed E-state index contributed by atoms with van der Waals surface area (Å²) in [6.45, 7) is 0.636. The van der Waals surface area contributed by atoms with E-state index in [1.165, 1.54) is 5.56 Å². The molecule has 1 aromatic carbocycles. The minimum Gasteiger partial charge on any atom is -0.398 e. The van der Waals surface area contributed by atoms with E-state index in [0.717, 1.165) is 10.9 Å². The number of amides is 1. The highest BCUT2D eigenvalue weighted by atomic mass is 79.9. The van der Waals surface area contributed by atoms with Crippen LogP contribution in [0.15, 0.2) is 39.5 Å². The number of carbonyl (C=O) groups is 1. The van der Waals surface area contributed by atoms with Crippen molar-refractivity contribution in [3.8, 4) is 0 Å². The summed E-state index contributed by atoms with van der Waals surface area (Å²) in [7, 11) is 0. The third-order valence-electron chi connectivity index (χ3n) is 2.54. The average Bonchev–Trinajstić information content (AvgIpc) is 2.85. The number of thiophene rings is 1. The number of carbonyl (C=O) groups excluding carboxylic acids is 1. The van der Waals surface area contributed by atoms with Gasteiger partial charge in [0.05, 0.1) is 0 Å². The summed E-state index contributed by atoms with van der Waals surface area (Å²) in [4.78, 5) is 11.9. The first-order chi connectivity index (χ1) is 8.66. The number of nitrogens with one attached hydrogen (secondary N) is 1. The molecular formula is C13H13BrN2OS. The molecule has 0 aliphatic heterocycles. The summed E-state index contributed by atoms with van der Waals surface area (Å²) < 4.78 is 0.744. The standard InChI is InChI=1S/C13H13BrN2OS/c14-11-7-10(1-2-12(11)15)13(17)16-5-3-9-4-6-18-8-9/h1-2,4,6-8H,3,5,15H2,(H,16,17). The summed E-state index contributed by atoms with van der Waals surface area (Å²) in [5, 5.41) is 7.01. The molecule has 0 saturated heterocycles. The number of anilines is 1. The van der Waals surface area contributed by atoms with Gasteiger partial charge in [-0.2, -0.15) is 11.3 Å². The molecule has 0 unspecified atom stereocenters. The van der Waals surface area contributed by atoms with Crippen LogP contribution in [0, 0.1) is 0 Å². The highest BCUT2D eigenvalue weighted by Gasteiger charge is 2.06. The van der Waals surface area contributed by atoms with Crippen molar-refractivity contribution < 1.29 is 4.79 Å². The first-order valence-electron chi connectivity index (χ1n) is 5.51. The van der Waals surface area contributed by atoms with Crippen LogP contribution in [0.2, 0.25) is 0 Å². The Morgan fingerprint density at radius 2 is 2.22 bits per heavy atom. The molecule has 94 valence electrons. The van der Waals surface area contributed by atoms with Gasteiger partial charge in [0.1, 0.15) is 0 Å². The van der Waals surface area contributed by atoms with E-state index in [1.54, 1.807) is 29.5 Å². The fourth-order valence-electron chi connectivity index (χ4n) is 1.53. The number of hydrogen-bond donors (Lipinski definition) is 2. The largest absolute Gasteiger partial charge is 0.398 e. The number of benzene rings is 1. The van der Waals surface area contributed by atoms with Crippen molar-refractivity contribution in [1.82, 2.24) is 5.32 Å². The molecule has 0 radical (unpaired) electrons. The van der Waals surface area contributed by atoms with Crippen molar-refractivity contribution >= 4 is 38.9 Å². The first-order valence-corrected chi connectivity index (χ1v) is 7.24. The zero-order chi connectivity index (χ0) is 13.0. The minimum atomic E-state index is -0.0778. The highest BCUT2D eigenvalue weighted by molar-refractivity contribution is 9.10. The van der Waals surface area contributed by atoms with Gasteiger partial charge in [-0.05, 0) is 62.9 Å². The van der Waals surface area contributed by atoms with Crippen molar-refractivity contribution in [2.45, 2.75) is 6.42 Å². The molecule has 1 heterocycles. The van der Waals surface area contributed by atoms with E-state index >= 15 is 0 Å². The van der Waals surface area contributed by atoms with E-state index < -0.39 is 0 Å². The summed E-state index contributed by atoms with van der Waals surface area (Å²) in [6.07, 6.45) is 0.853. The highest BCUT2D eigenvalue weighted by Crippen LogP contribution is 2.20. The quantitative estimate of drug-likeness (QED) is 0.849. The Bertz CT molecular complexity index is 540. The van der Waals surface area contributed by atoms with Crippen LogP contribution in [-0.4, -0.2) is 12.5 Å². The number of rotatable bonds is 4. The van der Waals surface area contributed by atoms with Crippen LogP contribution in [-0.2, 0) is 6.42 Å². The lowest BCUT2D eigenvalue weighted by Gasteiger charge is -2.06. The van der Waals surface area contributed by atoms with Crippen LogP contribution in [0.3, 0.4) is 0 Å². The molecule has 1 amide bonds. The average molecular weight is 325 g/mol. The van der Waals surface area contributed by atoms with E-state index in [4.69, 9.17) is 5.73 Å². The van der Waals surface area contributed by atoms with Crippen molar-refractivity contribution in [2.24, 2.45) is 0 Å². The van der Waals surface area contributed by atoms with Crippen molar-refractivity contribution in [3.63, 3.8) is 0 Å². The lowest BCUT2D eigenvalue weighted by atomic mass is 10.2. The Kier molecular flexibility index (Phi) is 4.38. The van der Waals surface area contributed by atoms with Crippen LogP contribution in [0.25, 0.3) is 0 Å². The number of nitrogen functional groups attached to an aromatic ring is 1. The second kappa shape index (κ2) is 6.02. The normalized spacial score (nSPS) is 10.3. The van der Waals surface area contributed by atoms with Gasteiger partial charge < -0.3 is 11.1 Å². The van der Waals surface area contributed by atoms with Crippen LogP contribution >= 0.6 is 27.3 Å². The van der Waals surface area contributed by atoms with Gasteiger partial charge in [-0.1, -0.05) is 0 Å². The van der Waals surface area contributed by atoms with Gasteiger partial charge in [-0.3, -0.25) is 4.79 Å². The Balaban J connectivity index is 1.89. The lowest BCUT2D eigenvalue weighted by Crippen LogP contribution is -2.25. The molecule has 2 aromatic rings. The van der Waals surface area contributed by atoms with Gasteiger partial charge in [0.15, 0.2) is 0 Å². The molecule has 18 heavy (non-hydrogen) atoms. The van der Waals surface area contributed by atoms with Gasteiger partial charge in [0, 0.05) is 22.3 Å². The SMILES string of the molecule is Nc1ccc(C(=O)NCCc2ccsc2)cc1Br. The van der Waals surface area contributed by atoms with Crippen molar-refractivity contribution in [1.29, 1.82) is 0 Å². The maximum atomic E-state index is 11.9. The van der Waals surface area contributed by atoms with Crippen molar-refractivity contribution in [2.75, 3.05) is 12.3 Å². The van der Waals surface area contributed by atoms with Crippen LogP contribution in [0.1, 0.15) is 15.9 Å². The maximum absolute atomic E-state index is 11.9. The molecule has 0 saturated carbocycles. The number of nitrogens with two attached hydrogens (primary N) is 1. The first kappa shape index (κ1) is 13.1. The van der Waals surface area contributed by atoms with Crippen LogP contribution < -0.4 is 11.1 Å². The van der Waals surface area contributed by atoms with E-state index in [9.17, 15) is 4.79 Å². The van der Waals surface area contributed by atoms with Gasteiger partial charge in [-0.25, -0.2) is 0 Å². The van der Waals surface area contributed by atoms with Crippen LogP contribution in [0.5, 0.6) is 0 Å². The molecule has 0 atom stereocenters. The summed E-state index contributed by atoms with van der Waals surface area (Å²) in [6, 6.07) is 7.24. The zero-order valence-corrected chi connectivity index (χ0v) is 12.1. The smallest absolute Gasteiger partial charge is 0.251 e. The maximum Gasteiger partial charge on any atom is 0.251 e. The third-order valence-corrected chi connectivity index (χ3v) is 3.96. The fourth-order valence-corrected chi connectivity index (χ4v) is 2.61. The molecule has 5 heteroatoms. The van der Waals surface area contributed by atoms with Gasteiger partial charge in [-0.15, -0.1) is 0 Å². The third kappa shape index (κ3) is 3.34. The molecule has 3 nitrogen and oxygen atoms in total. The molecule has 0 aliphatic rings. The van der Waals surface area contributed by atoms with Gasteiger partial charge >= 0.3 is 0 Å². The fraction of sp³-hybridized carbons (Fsp3) is 0.154. The number of hydrogen-bond acceptors (Lipinski definition) is 3. The predicted molar refractivity (Wildman–Crippen MR) is 78.9 cm³/mol. The minimum absolute atomic E-state index is 0.0778. The molecule has 0 aliphatic carbocycles. The van der Waals surface area contributed by atoms with Crippen LogP contribution in [0.4, 0.5) is 5.69 Å². The Labute approximate surface area is 118 Å². The van der Waals surface area contributed by atoms with Gasteiger partial charge in [0.2, 0.25) is 0 Å². The summed E-state index contributed by atoms with van der Waals surface area (Å²) >= 11 is 4.98. The zero-order valence-electron chi connectivity index (χ0n) is 9.65. The molecule has 0 bridgehead atoms. The molecule has 3 N–H and O–H groups in total. The Morgan fingerprint density at radius 1 is 1.39 bits per heavy atom. The van der Waals surface area contributed by atoms with Gasteiger partial charge in [0.25, 0.3) is 5.91 Å². The molecule has 2 rings (SSSR count). The molecule has 0 spiro atoms. The molecule has 0 fully saturated rings. The Hall–Kier alpha value is -1.33. The summed E-state index contributed by atoms with van der Waals surface area (Å²) in [5.41, 5.74) is 8.17. The second-order valence-electron chi connectivity index (χ2n) is 3.87. The molecule has 1 aromatic heterocycles. The summed E-state index contributed by atoms with van der Waals surface area (Å²) in [5.74, 6) is -0.0778. The lowest BCUT2D eigenvalue weighted by molar-refractivity contribution is 0.0954. The molecular weight excluding hydrogens is 312 g/mol.